The van der Waals surface area contributed by atoms with Gasteiger partial charge in [0, 0.05) is 24.3 Å². The molecule has 2 aromatic rings. The molecular weight excluding hydrogens is 272 g/mol. The van der Waals surface area contributed by atoms with Crippen LogP contribution in [0.1, 0.15) is 29.6 Å². The molecule has 0 aliphatic carbocycles. The third kappa shape index (κ3) is 2.50. The summed E-state index contributed by atoms with van der Waals surface area (Å²) in [6.07, 6.45) is 3.88. The zero-order valence-electron chi connectivity index (χ0n) is 12.8. The average molecular weight is 294 g/mol. The Morgan fingerprint density at radius 3 is 2.55 bits per heavy atom. The van der Waals surface area contributed by atoms with Crippen molar-refractivity contribution in [2.24, 2.45) is 5.92 Å². The number of Topliss-reactive ketones (excluding diaryl/α,β-unsaturated/α-hetero) is 1. The van der Waals surface area contributed by atoms with Gasteiger partial charge in [-0.25, -0.2) is 0 Å². The quantitative estimate of drug-likeness (QED) is 0.919. The summed E-state index contributed by atoms with van der Waals surface area (Å²) < 4.78 is 0. The van der Waals surface area contributed by atoms with Gasteiger partial charge in [-0.1, -0.05) is 30.7 Å². The Labute approximate surface area is 131 Å². The van der Waals surface area contributed by atoms with E-state index in [4.69, 9.17) is 0 Å². The number of piperidine rings is 1. The van der Waals surface area contributed by atoms with E-state index in [1.807, 2.05) is 12.1 Å². The molecule has 3 heteroatoms. The Balaban J connectivity index is 1.60. The fraction of sp³-hybridized carbons (Fsp3) is 0.421. The van der Waals surface area contributed by atoms with Crippen LogP contribution in [0.15, 0.2) is 36.4 Å². The Kier molecular flexibility index (Phi) is 3.59. The molecule has 0 aromatic heterocycles. The van der Waals surface area contributed by atoms with Crippen molar-refractivity contribution in [2.45, 2.75) is 19.3 Å². The van der Waals surface area contributed by atoms with Crippen molar-refractivity contribution in [3.05, 3.63) is 42.0 Å². The highest BCUT2D eigenvalue weighted by atomic mass is 16.1. The van der Waals surface area contributed by atoms with Gasteiger partial charge in [-0.3, -0.25) is 4.79 Å². The van der Waals surface area contributed by atoms with Crippen molar-refractivity contribution in [1.82, 2.24) is 4.90 Å². The summed E-state index contributed by atoms with van der Waals surface area (Å²) in [5.74, 6) is 0.400. The normalized spacial score (nSPS) is 22.4. The third-order valence-corrected chi connectivity index (χ3v) is 4.99. The van der Waals surface area contributed by atoms with Gasteiger partial charge in [-0.15, -0.1) is 0 Å². The van der Waals surface area contributed by atoms with Crippen LogP contribution in [-0.4, -0.2) is 36.9 Å². The average Bonchev–Trinajstić information content (AvgIpc) is 2.57. The van der Waals surface area contributed by atoms with E-state index in [9.17, 15) is 4.79 Å². The van der Waals surface area contributed by atoms with Crippen LogP contribution in [0.25, 0.3) is 10.8 Å². The summed E-state index contributed by atoms with van der Waals surface area (Å²) in [5.41, 5.74) is 1.87. The van der Waals surface area contributed by atoms with E-state index in [1.165, 1.54) is 24.6 Å². The summed E-state index contributed by atoms with van der Waals surface area (Å²) in [5, 5.41) is 5.82. The number of rotatable bonds is 2. The molecule has 0 radical (unpaired) electrons. The minimum atomic E-state index is 0.0896. The molecule has 1 unspecified atom stereocenters. The highest BCUT2D eigenvalue weighted by Crippen LogP contribution is 2.30. The molecule has 2 aliphatic heterocycles. The van der Waals surface area contributed by atoms with Crippen molar-refractivity contribution in [3.63, 3.8) is 0 Å². The Hall–Kier alpha value is -1.87. The lowest BCUT2D eigenvalue weighted by Crippen LogP contribution is -2.41. The van der Waals surface area contributed by atoms with Crippen LogP contribution in [0.3, 0.4) is 0 Å². The first-order valence-corrected chi connectivity index (χ1v) is 8.34. The number of carbonyl (C=O) groups is 1. The maximum atomic E-state index is 12.9. The van der Waals surface area contributed by atoms with E-state index in [-0.39, 0.29) is 5.92 Å². The van der Waals surface area contributed by atoms with Gasteiger partial charge in [0.1, 0.15) is 0 Å². The van der Waals surface area contributed by atoms with Gasteiger partial charge in [0.2, 0.25) is 0 Å². The molecule has 1 fully saturated rings. The SMILES string of the molecule is O=C1c2cc3ccccc3cc2NCC1CN1CCCCC1. The topological polar surface area (TPSA) is 32.3 Å². The molecule has 2 heterocycles. The lowest BCUT2D eigenvalue weighted by atomic mass is 9.90. The second kappa shape index (κ2) is 5.73. The predicted octanol–water partition coefficient (Wildman–Crippen LogP) is 3.55. The molecule has 22 heavy (non-hydrogen) atoms. The number of fused-ring (bicyclic) bond motifs is 2. The van der Waals surface area contributed by atoms with Gasteiger partial charge in [0.15, 0.2) is 5.78 Å². The summed E-state index contributed by atoms with van der Waals surface area (Å²) >= 11 is 0. The zero-order valence-corrected chi connectivity index (χ0v) is 12.8. The number of hydrogen-bond donors (Lipinski definition) is 1. The van der Waals surface area contributed by atoms with Crippen LogP contribution >= 0.6 is 0 Å². The van der Waals surface area contributed by atoms with Crippen LogP contribution in [0.4, 0.5) is 5.69 Å². The fourth-order valence-electron chi connectivity index (χ4n) is 3.74. The van der Waals surface area contributed by atoms with E-state index in [1.54, 1.807) is 0 Å². The highest BCUT2D eigenvalue weighted by Gasteiger charge is 2.29. The third-order valence-electron chi connectivity index (χ3n) is 4.99. The highest BCUT2D eigenvalue weighted by molar-refractivity contribution is 6.08. The molecule has 114 valence electrons. The first kappa shape index (κ1) is 13.8. The smallest absolute Gasteiger partial charge is 0.171 e. The molecule has 3 nitrogen and oxygen atoms in total. The lowest BCUT2D eigenvalue weighted by molar-refractivity contribution is 0.0873. The molecule has 1 saturated heterocycles. The van der Waals surface area contributed by atoms with Crippen LogP contribution < -0.4 is 5.32 Å². The van der Waals surface area contributed by atoms with Crippen molar-refractivity contribution in [2.75, 3.05) is 31.5 Å². The molecule has 2 aliphatic rings. The largest absolute Gasteiger partial charge is 0.384 e. The number of likely N-dealkylation sites (tertiary alicyclic amines) is 1. The number of hydrogen-bond acceptors (Lipinski definition) is 3. The van der Waals surface area contributed by atoms with Gasteiger partial charge in [0.05, 0.1) is 5.92 Å². The molecule has 1 atom stereocenters. The lowest BCUT2D eigenvalue weighted by Gasteiger charge is -2.32. The van der Waals surface area contributed by atoms with Gasteiger partial charge in [0.25, 0.3) is 0 Å². The van der Waals surface area contributed by atoms with Crippen molar-refractivity contribution >= 4 is 22.2 Å². The summed E-state index contributed by atoms with van der Waals surface area (Å²) in [4.78, 5) is 15.3. The molecular formula is C19H22N2O. The number of anilines is 1. The number of ketones is 1. The van der Waals surface area contributed by atoms with Gasteiger partial charge >= 0.3 is 0 Å². The summed E-state index contributed by atoms with van der Waals surface area (Å²) in [6, 6.07) is 12.4. The predicted molar refractivity (Wildman–Crippen MR) is 90.5 cm³/mol. The maximum absolute atomic E-state index is 12.9. The fourth-order valence-corrected chi connectivity index (χ4v) is 3.74. The minimum absolute atomic E-state index is 0.0896. The monoisotopic (exact) mass is 294 g/mol. The molecule has 4 rings (SSSR count). The van der Waals surface area contributed by atoms with Crippen LogP contribution in [-0.2, 0) is 0 Å². The summed E-state index contributed by atoms with van der Waals surface area (Å²) in [7, 11) is 0. The maximum Gasteiger partial charge on any atom is 0.171 e. The standard InChI is InChI=1S/C19H22N2O/c22-19-16(13-21-8-4-1-5-9-21)12-20-18-11-15-7-3-2-6-14(15)10-17(18)19/h2-3,6-7,10-11,16,20H,1,4-5,8-9,12-13H2. The van der Waals surface area contributed by atoms with Crippen molar-refractivity contribution in [1.29, 1.82) is 0 Å². The number of benzene rings is 2. The molecule has 0 amide bonds. The molecule has 0 saturated carbocycles. The van der Waals surface area contributed by atoms with E-state index in [0.717, 1.165) is 42.8 Å². The van der Waals surface area contributed by atoms with Gasteiger partial charge in [-0.05, 0) is 48.8 Å². The Morgan fingerprint density at radius 2 is 1.77 bits per heavy atom. The van der Waals surface area contributed by atoms with Crippen molar-refractivity contribution < 1.29 is 4.79 Å². The molecule has 1 N–H and O–H groups in total. The van der Waals surface area contributed by atoms with Crippen LogP contribution in [0, 0.1) is 5.92 Å². The second-order valence-electron chi connectivity index (χ2n) is 6.55. The molecule has 0 bridgehead atoms. The Morgan fingerprint density at radius 1 is 1.05 bits per heavy atom. The number of nitrogens with zero attached hydrogens (tertiary/aromatic N) is 1. The summed E-state index contributed by atoms with van der Waals surface area (Å²) in [6.45, 7) is 3.96. The van der Waals surface area contributed by atoms with Crippen LogP contribution in [0.5, 0.6) is 0 Å². The van der Waals surface area contributed by atoms with Crippen LogP contribution in [0.2, 0.25) is 0 Å². The zero-order chi connectivity index (χ0) is 14.9. The van der Waals surface area contributed by atoms with Gasteiger partial charge < -0.3 is 10.2 Å². The minimum Gasteiger partial charge on any atom is -0.384 e. The number of carbonyl (C=O) groups excluding carboxylic acids is 1. The molecule has 0 spiro atoms. The van der Waals surface area contributed by atoms with Gasteiger partial charge in [-0.2, -0.15) is 0 Å². The van der Waals surface area contributed by atoms with E-state index in [0.29, 0.717) is 5.78 Å². The Bertz CT molecular complexity index is 704. The van der Waals surface area contributed by atoms with E-state index < -0.39 is 0 Å². The second-order valence-corrected chi connectivity index (χ2v) is 6.55. The van der Waals surface area contributed by atoms with E-state index in [2.05, 4.69) is 34.5 Å². The molecule has 2 aromatic carbocycles. The first-order valence-electron chi connectivity index (χ1n) is 8.34. The first-order chi connectivity index (χ1) is 10.8. The number of nitrogens with one attached hydrogen (secondary N) is 1. The van der Waals surface area contributed by atoms with E-state index >= 15 is 0 Å². The van der Waals surface area contributed by atoms with Crippen molar-refractivity contribution in [3.8, 4) is 0 Å².